The summed E-state index contributed by atoms with van der Waals surface area (Å²) in [6.07, 6.45) is 1.63. The van der Waals surface area contributed by atoms with Gasteiger partial charge in [0.15, 0.2) is 0 Å². The molecule has 0 aliphatic carbocycles. The molecule has 0 unspecified atom stereocenters. The second-order valence-electron chi connectivity index (χ2n) is 5.88. The van der Waals surface area contributed by atoms with Crippen molar-refractivity contribution in [2.24, 2.45) is 5.41 Å². The highest BCUT2D eigenvalue weighted by Gasteiger charge is 2.46. The number of likely N-dealkylation sites (tertiary alicyclic amines) is 1. The Morgan fingerprint density at radius 1 is 1.37 bits per heavy atom. The first kappa shape index (κ1) is 15.5. The summed E-state index contributed by atoms with van der Waals surface area (Å²) in [6.45, 7) is 12.3. The molecule has 0 aromatic rings. The molecule has 5 nitrogen and oxygen atoms in total. The molecule has 1 rings (SSSR count). The van der Waals surface area contributed by atoms with E-state index >= 15 is 0 Å². The molecule has 0 aromatic heterocycles. The van der Waals surface area contributed by atoms with Crippen molar-refractivity contribution in [1.82, 2.24) is 4.90 Å². The molecule has 5 heteroatoms. The van der Waals surface area contributed by atoms with Crippen molar-refractivity contribution in [2.75, 3.05) is 19.7 Å². The van der Waals surface area contributed by atoms with Crippen LogP contribution in [0.1, 0.15) is 34.1 Å². The summed E-state index contributed by atoms with van der Waals surface area (Å²) in [5, 5.41) is 0. The van der Waals surface area contributed by atoms with Gasteiger partial charge < -0.3 is 14.4 Å². The highest BCUT2D eigenvalue weighted by atomic mass is 16.6. The number of ether oxygens (including phenoxy) is 2. The number of rotatable bonds is 4. The second-order valence-corrected chi connectivity index (χ2v) is 5.88. The molecule has 0 atom stereocenters. The van der Waals surface area contributed by atoms with Gasteiger partial charge in [-0.15, -0.1) is 6.58 Å². The second kappa shape index (κ2) is 5.63. The topological polar surface area (TPSA) is 55.8 Å². The maximum Gasteiger partial charge on any atom is 0.410 e. The SMILES string of the molecule is C=CC1(CC(=O)OCC)CN(C(=O)OC(C)(C)C)C1. The minimum Gasteiger partial charge on any atom is -0.466 e. The van der Waals surface area contributed by atoms with Crippen LogP contribution in [-0.4, -0.2) is 42.3 Å². The molecule has 1 aliphatic heterocycles. The van der Waals surface area contributed by atoms with Gasteiger partial charge in [-0.1, -0.05) is 6.08 Å². The predicted octanol–water partition coefficient (Wildman–Crippen LogP) is 2.36. The zero-order valence-corrected chi connectivity index (χ0v) is 12.2. The molecule has 19 heavy (non-hydrogen) atoms. The summed E-state index contributed by atoms with van der Waals surface area (Å²) in [5.41, 5.74) is -0.881. The number of esters is 1. The van der Waals surface area contributed by atoms with Crippen LogP contribution in [0.2, 0.25) is 0 Å². The predicted molar refractivity (Wildman–Crippen MR) is 71.7 cm³/mol. The standard InChI is InChI=1S/C14H23NO4/c1-6-14(8-11(16)18-7-2)9-15(10-14)12(17)19-13(3,4)5/h6H,1,7-10H2,2-5H3. The van der Waals surface area contributed by atoms with Crippen LogP contribution in [0.25, 0.3) is 0 Å². The molecule has 1 aliphatic rings. The minimum atomic E-state index is -0.509. The number of carbonyl (C=O) groups is 2. The van der Waals surface area contributed by atoms with E-state index in [9.17, 15) is 9.59 Å². The number of hydrogen-bond donors (Lipinski definition) is 0. The maximum absolute atomic E-state index is 11.8. The first-order valence-corrected chi connectivity index (χ1v) is 6.48. The third-order valence-electron chi connectivity index (χ3n) is 2.90. The van der Waals surface area contributed by atoms with Crippen LogP contribution in [0.5, 0.6) is 0 Å². The van der Waals surface area contributed by atoms with Crippen LogP contribution >= 0.6 is 0 Å². The number of hydrogen-bond acceptors (Lipinski definition) is 4. The number of nitrogens with zero attached hydrogens (tertiary/aromatic N) is 1. The van der Waals surface area contributed by atoms with E-state index in [1.54, 1.807) is 17.9 Å². The van der Waals surface area contributed by atoms with Gasteiger partial charge in [0.2, 0.25) is 0 Å². The van der Waals surface area contributed by atoms with Gasteiger partial charge in [-0.3, -0.25) is 4.79 Å². The molecule has 0 saturated carbocycles. The van der Waals surface area contributed by atoms with Gasteiger partial charge >= 0.3 is 12.1 Å². The molecular weight excluding hydrogens is 246 g/mol. The molecular formula is C14H23NO4. The summed E-state index contributed by atoms with van der Waals surface area (Å²) in [6, 6.07) is 0. The lowest BCUT2D eigenvalue weighted by molar-refractivity contribution is -0.147. The van der Waals surface area contributed by atoms with Crippen LogP contribution in [0, 0.1) is 5.41 Å². The highest BCUT2D eigenvalue weighted by Crippen LogP contribution is 2.36. The molecule has 0 aromatic carbocycles. The van der Waals surface area contributed by atoms with E-state index in [2.05, 4.69) is 6.58 Å². The Morgan fingerprint density at radius 2 is 1.95 bits per heavy atom. The zero-order chi connectivity index (χ0) is 14.7. The van der Waals surface area contributed by atoms with Crippen LogP contribution in [0.3, 0.4) is 0 Å². The summed E-state index contributed by atoms with van der Waals surface area (Å²) in [7, 11) is 0. The summed E-state index contributed by atoms with van der Waals surface area (Å²) in [5.74, 6) is -0.258. The Bertz CT molecular complexity index is 364. The van der Waals surface area contributed by atoms with Gasteiger partial charge in [-0.25, -0.2) is 4.79 Å². The van der Waals surface area contributed by atoms with Crippen molar-refractivity contribution >= 4 is 12.1 Å². The molecule has 0 bridgehead atoms. The summed E-state index contributed by atoms with van der Waals surface area (Å²) in [4.78, 5) is 24.9. The van der Waals surface area contributed by atoms with Crippen LogP contribution in [-0.2, 0) is 14.3 Å². The lowest BCUT2D eigenvalue weighted by Crippen LogP contribution is -2.59. The minimum absolute atomic E-state index is 0.254. The monoisotopic (exact) mass is 269 g/mol. The van der Waals surface area contributed by atoms with Crippen molar-refractivity contribution < 1.29 is 19.1 Å². The Hall–Kier alpha value is -1.52. The van der Waals surface area contributed by atoms with Gasteiger partial charge in [0.25, 0.3) is 0 Å². The normalized spacial score (nSPS) is 17.4. The van der Waals surface area contributed by atoms with Gasteiger partial charge in [0, 0.05) is 18.5 Å². The maximum atomic E-state index is 11.8. The van der Waals surface area contributed by atoms with E-state index in [1.165, 1.54) is 0 Å². The molecule has 1 fully saturated rings. The van der Waals surface area contributed by atoms with Gasteiger partial charge in [-0.2, -0.15) is 0 Å². The Kier molecular flexibility index (Phi) is 4.61. The molecule has 1 heterocycles. The highest BCUT2D eigenvalue weighted by molar-refractivity contribution is 5.73. The Balaban J connectivity index is 2.50. The molecule has 1 amide bonds. The largest absolute Gasteiger partial charge is 0.466 e. The van der Waals surface area contributed by atoms with Crippen molar-refractivity contribution in [3.63, 3.8) is 0 Å². The van der Waals surface area contributed by atoms with E-state index in [1.807, 2.05) is 20.8 Å². The first-order chi connectivity index (χ1) is 8.71. The molecule has 0 N–H and O–H groups in total. The van der Waals surface area contributed by atoms with Crippen LogP contribution in [0.15, 0.2) is 12.7 Å². The van der Waals surface area contributed by atoms with Crippen molar-refractivity contribution in [1.29, 1.82) is 0 Å². The van der Waals surface area contributed by atoms with Gasteiger partial charge in [-0.05, 0) is 27.7 Å². The molecule has 108 valence electrons. The molecule has 1 saturated heterocycles. The quantitative estimate of drug-likeness (QED) is 0.580. The average molecular weight is 269 g/mol. The van der Waals surface area contributed by atoms with E-state index in [0.717, 1.165) is 0 Å². The smallest absolute Gasteiger partial charge is 0.410 e. The number of amides is 1. The number of carbonyl (C=O) groups excluding carboxylic acids is 2. The fourth-order valence-corrected chi connectivity index (χ4v) is 1.98. The Morgan fingerprint density at radius 3 is 2.37 bits per heavy atom. The molecule has 0 spiro atoms. The Labute approximate surface area is 114 Å². The fourth-order valence-electron chi connectivity index (χ4n) is 1.98. The summed E-state index contributed by atoms with van der Waals surface area (Å²) >= 11 is 0. The zero-order valence-electron chi connectivity index (χ0n) is 12.2. The lowest BCUT2D eigenvalue weighted by atomic mass is 9.77. The first-order valence-electron chi connectivity index (χ1n) is 6.48. The van der Waals surface area contributed by atoms with Crippen LogP contribution in [0.4, 0.5) is 4.79 Å². The third-order valence-corrected chi connectivity index (χ3v) is 2.90. The van der Waals surface area contributed by atoms with Gasteiger partial charge in [0.05, 0.1) is 13.0 Å². The van der Waals surface area contributed by atoms with Crippen molar-refractivity contribution in [3.8, 4) is 0 Å². The van der Waals surface area contributed by atoms with Crippen molar-refractivity contribution in [2.45, 2.75) is 39.7 Å². The van der Waals surface area contributed by atoms with Gasteiger partial charge in [0.1, 0.15) is 5.60 Å². The average Bonchev–Trinajstić information content (AvgIpc) is 2.20. The van der Waals surface area contributed by atoms with E-state index in [4.69, 9.17) is 9.47 Å². The summed E-state index contributed by atoms with van der Waals surface area (Å²) < 4.78 is 10.2. The lowest BCUT2D eigenvalue weighted by Gasteiger charge is -2.47. The van der Waals surface area contributed by atoms with Crippen molar-refractivity contribution in [3.05, 3.63) is 12.7 Å². The van der Waals surface area contributed by atoms with E-state index in [-0.39, 0.29) is 23.9 Å². The fraction of sp³-hybridized carbons (Fsp3) is 0.714. The molecule has 0 radical (unpaired) electrons. The van der Waals surface area contributed by atoms with Crippen LogP contribution < -0.4 is 0 Å². The third kappa shape index (κ3) is 4.26. The van der Waals surface area contributed by atoms with E-state index in [0.29, 0.717) is 19.7 Å². The van der Waals surface area contributed by atoms with E-state index < -0.39 is 5.60 Å².